The summed E-state index contributed by atoms with van der Waals surface area (Å²) < 4.78 is 6.09. The van der Waals surface area contributed by atoms with Crippen molar-refractivity contribution in [1.82, 2.24) is 10.2 Å². The maximum absolute atomic E-state index is 12.6. The van der Waals surface area contributed by atoms with E-state index >= 15 is 0 Å². The molecule has 1 aliphatic carbocycles. The number of carbonyl (C=O) groups excluding carboxylic acids is 1. The molecule has 0 atom stereocenters. The molecule has 1 spiro atoms. The smallest absolute Gasteiger partial charge is 0.290 e. The standard InChI is InChI=1S/C21H22ClN3O2/c1-4-10-25(3)20(26)16-12-14-11-15(22)18-17(19(14)27-16)21(24-13(2)23-18)8-6-5-7-9-21/h1,11-12,23-24H,2,5-10H2,3H3. The van der Waals surface area contributed by atoms with Crippen LogP contribution in [0.4, 0.5) is 5.69 Å². The van der Waals surface area contributed by atoms with E-state index in [0.29, 0.717) is 10.6 Å². The number of rotatable bonds is 2. The molecular formula is C21H22ClN3O2. The van der Waals surface area contributed by atoms with Crippen LogP contribution in [0.1, 0.15) is 48.2 Å². The van der Waals surface area contributed by atoms with Crippen LogP contribution in [0.25, 0.3) is 11.0 Å². The molecule has 1 saturated carbocycles. The Labute approximate surface area is 163 Å². The summed E-state index contributed by atoms with van der Waals surface area (Å²) in [4.78, 5) is 14.1. The first-order chi connectivity index (χ1) is 12.9. The molecule has 6 heteroatoms. The van der Waals surface area contributed by atoms with E-state index in [-0.39, 0.29) is 23.8 Å². The molecule has 2 heterocycles. The van der Waals surface area contributed by atoms with Gasteiger partial charge in [0, 0.05) is 18.0 Å². The van der Waals surface area contributed by atoms with Crippen molar-refractivity contribution in [2.75, 3.05) is 18.9 Å². The van der Waals surface area contributed by atoms with E-state index in [1.807, 2.05) is 6.07 Å². The molecule has 1 amide bonds. The average Bonchev–Trinajstić information content (AvgIpc) is 3.05. The third-order valence-electron chi connectivity index (χ3n) is 5.50. The number of benzene rings is 1. The van der Waals surface area contributed by atoms with E-state index in [9.17, 15) is 4.79 Å². The molecule has 2 N–H and O–H groups in total. The second kappa shape index (κ2) is 6.54. The molecule has 1 fully saturated rings. The maximum Gasteiger partial charge on any atom is 0.290 e. The van der Waals surface area contributed by atoms with Crippen LogP contribution < -0.4 is 10.6 Å². The summed E-state index contributed by atoms with van der Waals surface area (Å²) in [7, 11) is 1.66. The van der Waals surface area contributed by atoms with Gasteiger partial charge in [-0.3, -0.25) is 4.79 Å². The van der Waals surface area contributed by atoms with Gasteiger partial charge in [-0.05, 0) is 25.0 Å². The van der Waals surface area contributed by atoms with Gasteiger partial charge in [-0.25, -0.2) is 0 Å². The van der Waals surface area contributed by atoms with Gasteiger partial charge in [0.05, 0.1) is 28.6 Å². The van der Waals surface area contributed by atoms with Gasteiger partial charge in [0.25, 0.3) is 5.91 Å². The van der Waals surface area contributed by atoms with Crippen molar-refractivity contribution in [3.8, 4) is 12.3 Å². The predicted octanol–water partition coefficient (Wildman–Crippen LogP) is 4.44. The average molecular weight is 384 g/mol. The number of carbonyl (C=O) groups is 1. The number of hydrogen-bond donors (Lipinski definition) is 2. The highest BCUT2D eigenvalue weighted by atomic mass is 35.5. The monoisotopic (exact) mass is 383 g/mol. The molecule has 0 bridgehead atoms. The first kappa shape index (κ1) is 17.8. The van der Waals surface area contributed by atoms with Gasteiger partial charge in [0.2, 0.25) is 0 Å². The van der Waals surface area contributed by atoms with E-state index in [1.165, 1.54) is 11.3 Å². The van der Waals surface area contributed by atoms with Crippen molar-refractivity contribution in [2.45, 2.75) is 37.6 Å². The van der Waals surface area contributed by atoms with E-state index in [2.05, 4.69) is 23.1 Å². The molecular weight excluding hydrogens is 362 g/mol. The minimum absolute atomic E-state index is 0.224. The lowest BCUT2D eigenvalue weighted by molar-refractivity contribution is 0.0783. The Morgan fingerprint density at radius 2 is 2.15 bits per heavy atom. The van der Waals surface area contributed by atoms with Gasteiger partial charge in [0.1, 0.15) is 5.58 Å². The fourth-order valence-electron chi connectivity index (χ4n) is 4.29. The van der Waals surface area contributed by atoms with Crippen LogP contribution in [0.3, 0.4) is 0 Å². The molecule has 2 aliphatic rings. The highest BCUT2D eigenvalue weighted by Crippen LogP contribution is 2.49. The van der Waals surface area contributed by atoms with Gasteiger partial charge >= 0.3 is 0 Å². The summed E-state index contributed by atoms with van der Waals surface area (Å²) in [6.45, 7) is 4.29. The topological polar surface area (TPSA) is 57.5 Å². The van der Waals surface area contributed by atoms with Gasteiger partial charge in [-0.15, -0.1) is 6.42 Å². The normalized spacial score (nSPS) is 17.7. The maximum atomic E-state index is 12.6. The molecule has 27 heavy (non-hydrogen) atoms. The Hall–Kier alpha value is -2.58. The highest BCUT2D eigenvalue weighted by Gasteiger charge is 2.42. The first-order valence-corrected chi connectivity index (χ1v) is 9.52. The largest absolute Gasteiger partial charge is 0.450 e. The van der Waals surface area contributed by atoms with Crippen molar-refractivity contribution < 1.29 is 9.21 Å². The van der Waals surface area contributed by atoms with Gasteiger partial charge in [-0.2, -0.15) is 0 Å². The molecule has 1 aromatic carbocycles. The van der Waals surface area contributed by atoms with Crippen molar-refractivity contribution in [3.05, 3.63) is 40.9 Å². The highest BCUT2D eigenvalue weighted by molar-refractivity contribution is 6.34. The van der Waals surface area contributed by atoms with E-state index in [4.69, 9.17) is 22.4 Å². The molecule has 0 saturated heterocycles. The van der Waals surface area contributed by atoms with Crippen molar-refractivity contribution in [3.63, 3.8) is 0 Å². The quantitative estimate of drug-likeness (QED) is 0.753. The zero-order valence-corrected chi connectivity index (χ0v) is 16.1. The Morgan fingerprint density at radius 3 is 2.85 bits per heavy atom. The SMILES string of the molecule is C#CCN(C)C(=O)c1cc2cc(Cl)c3c(c2o1)C1(CCCCC1)NC(=C)N3. The van der Waals surface area contributed by atoms with Crippen molar-refractivity contribution in [1.29, 1.82) is 0 Å². The van der Waals surface area contributed by atoms with Crippen LogP contribution in [0.15, 0.2) is 28.9 Å². The number of nitrogens with one attached hydrogen (secondary N) is 2. The van der Waals surface area contributed by atoms with Crippen LogP contribution in [-0.4, -0.2) is 24.4 Å². The van der Waals surface area contributed by atoms with Gasteiger partial charge in [0.15, 0.2) is 5.76 Å². The molecule has 0 unspecified atom stereocenters. The Kier molecular flexibility index (Phi) is 4.32. The minimum atomic E-state index is -0.276. The van der Waals surface area contributed by atoms with Crippen molar-refractivity contribution >= 4 is 34.2 Å². The fraction of sp³-hybridized carbons (Fsp3) is 0.381. The summed E-state index contributed by atoms with van der Waals surface area (Å²) >= 11 is 6.60. The van der Waals surface area contributed by atoms with Crippen molar-refractivity contribution in [2.24, 2.45) is 0 Å². The summed E-state index contributed by atoms with van der Waals surface area (Å²) in [6, 6.07) is 3.58. The molecule has 0 radical (unpaired) electrons. The fourth-order valence-corrected chi connectivity index (χ4v) is 4.55. The van der Waals surface area contributed by atoms with Gasteiger partial charge in [-0.1, -0.05) is 43.4 Å². The lowest BCUT2D eigenvalue weighted by atomic mass is 9.74. The summed E-state index contributed by atoms with van der Waals surface area (Å²) in [5, 5.41) is 8.21. The Morgan fingerprint density at radius 1 is 1.41 bits per heavy atom. The molecule has 2 aromatic rings. The minimum Gasteiger partial charge on any atom is -0.450 e. The number of furan rings is 1. The van der Waals surface area contributed by atoms with Crippen LogP contribution in [-0.2, 0) is 5.54 Å². The van der Waals surface area contributed by atoms with Crippen LogP contribution >= 0.6 is 11.6 Å². The third-order valence-corrected chi connectivity index (χ3v) is 5.79. The van der Waals surface area contributed by atoms with Gasteiger partial charge < -0.3 is 20.0 Å². The Bertz CT molecular complexity index is 979. The zero-order valence-electron chi connectivity index (χ0n) is 15.3. The number of nitrogens with zero attached hydrogens (tertiary/aromatic N) is 1. The summed E-state index contributed by atoms with van der Waals surface area (Å²) in [5.41, 5.74) is 2.24. The second-order valence-corrected chi connectivity index (χ2v) is 7.78. The third kappa shape index (κ3) is 2.85. The number of halogens is 1. The zero-order chi connectivity index (χ0) is 19.2. The molecule has 1 aromatic heterocycles. The van der Waals surface area contributed by atoms with E-state index in [1.54, 1.807) is 13.1 Å². The second-order valence-electron chi connectivity index (χ2n) is 7.37. The number of anilines is 1. The molecule has 4 rings (SSSR count). The summed E-state index contributed by atoms with van der Waals surface area (Å²) in [6.07, 6.45) is 10.7. The number of amides is 1. The lowest BCUT2D eigenvalue weighted by Gasteiger charge is -2.44. The first-order valence-electron chi connectivity index (χ1n) is 9.15. The summed E-state index contributed by atoms with van der Waals surface area (Å²) in [5.74, 6) is 3.24. The van der Waals surface area contributed by atoms with E-state index < -0.39 is 0 Å². The molecule has 1 aliphatic heterocycles. The predicted molar refractivity (Wildman–Crippen MR) is 108 cm³/mol. The lowest BCUT2D eigenvalue weighted by Crippen LogP contribution is -2.48. The molecule has 140 valence electrons. The molecule has 5 nitrogen and oxygen atoms in total. The Balaban J connectivity index is 1.91. The number of terminal acetylenes is 1. The van der Waals surface area contributed by atoms with E-state index in [0.717, 1.165) is 48.1 Å². The number of hydrogen-bond acceptors (Lipinski definition) is 4. The van der Waals surface area contributed by atoms with Crippen LogP contribution in [0, 0.1) is 12.3 Å². The number of fused-ring (bicyclic) bond motifs is 4. The van der Waals surface area contributed by atoms with Crippen LogP contribution in [0.5, 0.6) is 0 Å². The van der Waals surface area contributed by atoms with Crippen LogP contribution in [0.2, 0.25) is 5.02 Å².